The van der Waals surface area contributed by atoms with Crippen molar-refractivity contribution in [3.05, 3.63) is 48.4 Å². The first-order valence-electron chi connectivity index (χ1n) is 6.45. The third-order valence-corrected chi connectivity index (χ3v) is 4.13. The van der Waals surface area contributed by atoms with Crippen LogP contribution in [0.25, 0.3) is 0 Å². The maximum Gasteiger partial charge on any atom is 0.291 e. The minimum atomic E-state index is -3.31. The van der Waals surface area contributed by atoms with Crippen molar-refractivity contribution in [2.45, 2.75) is 13.3 Å². The van der Waals surface area contributed by atoms with Crippen LogP contribution in [-0.4, -0.2) is 20.1 Å². The molecule has 0 aliphatic carbocycles. The predicted molar refractivity (Wildman–Crippen MR) is 80.8 cm³/mol. The Morgan fingerprint density at radius 3 is 2.38 bits per heavy atom. The molecule has 7 heteroatoms. The van der Waals surface area contributed by atoms with Crippen LogP contribution in [0, 0.1) is 0 Å². The monoisotopic (exact) mass is 308 g/mol. The van der Waals surface area contributed by atoms with Gasteiger partial charge in [0, 0.05) is 11.4 Å². The van der Waals surface area contributed by atoms with E-state index in [2.05, 4.69) is 10.0 Å². The van der Waals surface area contributed by atoms with E-state index in [1.54, 1.807) is 43.3 Å². The lowest BCUT2D eigenvalue weighted by molar-refractivity contribution is 0.0996. The lowest BCUT2D eigenvalue weighted by Gasteiger charge is -2.08. The topological polar surface area (TPSA) is 88.4 Å². The van der Waals surface area contributed by atoms with Crippen molar-refractivity contribution in [1.82, 2.24) is 0 Å². The molecule has 0 saturated carbocycles. The highest BCUT2D eigenvalue weighted by molar-refractivity contribution is 7.92. The van der Waals surface area contributed by atoms with E-state index in [9.17, 15) is 13.2 Å². The number of rotatable bonds is 6. The molecule has 0 spiro atoms. The summed E-state index contributed by atoms with van der Waals surface area (Å²) < 4.78 is 30.7. The van der Waals surface area contributed by atoms with Gasteiger partial charge >= 0.3 is 0 Å². The number of hydrogen-bond donors (Lipinski definition) is 2. The number of carbonyl (C=O) groups is 1. The van der Waals surface area contributed by atoms with Crippen molar-refractivity contribution < 1.29 is 17.6 Å². The Morgan fingerprint density at radius 1 is 1.14 bits per heavy atom. The molecular weight excluding hydrogens is 292 g/mol. The molecule has 1 aromatic heterocycles. The number of sulfonamides is 1. The molecule has 21 heavy (non-hydrogen) atoms. The molecule has 0 unspecified atom stereocenters. The summed E-state index contributed by atoms with van der Waals surface area (Å²) in [4.78, 5) is 11.8. The summed E-state index contributed by atoms with van der Waals surface area (Å²) in [5.41, 5.74) is 1.01. The number of nitrogens with one attached hydrogen (secondary N) is 2. The second kappa shape index (κ2) is 6.45. The molecule has 1 heterocycles. The van der Waals surface area contributed by atoms with E-state index in [1.807, 2.05) is 0 Å². The molecule has 0 aliphatic rings. The smallest absolute Gasteiger partial charge is 0.291 e. The maximum atomic E-state index is 11.8. The fraction of sp³-hybridized carbons (Fsp3) is 0.214. The largest absolute Gasteiger partial charge is 0.459 e. The molecule has 2 aromatic rings. The molecule has 0 atom stereocenters. The molecule has 1 amide bonds. The minimum Gasteiger partial charge on any atom is -0.459 e. The fourth-order valence-corrected chi connectivity index (χ4v) is 2.86. The molecule has 2 N–H and O–H groups in total. The van der Waals surface area contributed by atoms with Crippen molar-refractivity contribution in [3.8, 4) is 0 Å². The van der Waals surface area contributed by atoms with Gasteiger partial charge in [0.25, 0.3) is 5.91 Å². The summed E-state index contributed by atoms with van der Waals surface area (Å²) in [5, 5.41) is 2.65. The number of amides is 1. The molecule has 0 fully saturated rings. The molecule has 0 radical (unpaired) electrons. The highest BCUT2D eigenvalue weighted by Gasteiger charge is 2.10. The van der Waals surface area contributed by atoms with Gasteiger partial charge in [0.1, 0.15) is 0 Å². The first-order valence-corrected chi connectivity index (χ1v) is 8.11. The van der Waals surface area contributed by atoms with Crippen LogP contribution in [0.3, 0.4) is 0 Å². The highest BCUT2D eigenvalue weighted by Crippen LogP contribution is 2.16. The average molecular weight is 308 g/mol. The molecular formula is C14H16N2O4S. The van der Waals surface area contributed by atoms with Crippen LogP contribution in [0.4, 0.5) is 11.4 Å². The van der Waals surface area contributed by atoms with Gasteiger partial charge in [-0.1, -0.05) is 6.92 Å². The lowest BCUT2D eigenvalue weighted by atomic mass is 10.3. The molecule has 6 nitrogen and oxygen atoms in total. The number of benzene rings is 1. The van der Waals surface area contributed by atoms with E-state index >= 15 is 0 Å². The first kappa shape index (κ1) is 15.1. The van der Waals surface area contributed by atoms with Crippen LogP contribution < -0.4 is 10.0 Å². The molecule has 112 valence electrons. The zero-order chi connectivity index (χ0) is 15.3. The summed E-state index contributed by atoms with van der Waals surface area (Å²) in [6.07, 6.45) is 1.97. The summed E-state index contributed by atoms with van der Waals surface area (Å²) in [5.74, 6) is -0.0775. The van der Waals surface area contributed by atoms with E-state index in [0.29, 0.717) is 17.8 Å². The third kappa shape index (κ3) is 4.35. The SMILES string of the molecule is CCCS(=O)(=O)Nc1ccc(NC(=O)c2ccco2)cc1. The van der Waals surface area contributed by atoms with Crippen LogP contribution in [-0.2, 0) is 10.0 Å². The van der Waals surface area contributed by atoms with Gasteiger partial charge in [0.15, 0.2) is 5.76 Å². The quantitative estimate of drug-likeness (QED) is 0.858. The van der Waals surface area contributed by atoms with Crippen molar-refractivity contribution in [2.24, 2.45) is 0 Å². The van der Waals surface area contributed by atoms with Crippen molar-refractivity contribution in [1.29, 1.82) is 0 Å². The lowest BCUT2D eigenvalue weighted by Crippen LogP contribution is -2.16. The van der Waals surface area contributed by atoms with E-state index in [4.69, 9.17) is 4.42 Å². The number of furan rings is 1. The van der Waals surface area contributed by atoms with Crippen LogP contribution in [0.2, 0.25) is 0 Å². The number of carbonyl (C=O) groups excluding carboxylic acids is 1. The van der Waals surface area contributed by atoms with Gasteiger partial charge in [-0.2, -0.15) is 0 Å². The van der Waals surface area contributed by atoms with Crippen LogP contribution in [0.5, 0.6) is 0 Å². The van der Waals surface area contributed by atoms with Crippen LogP contribution >= 0.6 is 0 Å². The van der Waals surface area contributed by atoms with Crippen molar-refractivity contribution >= 4 is 27.3 Å². The molecule has 0 aliphatic heterocycles. The second-order valence-electron chi connectivity index (χ2n) is 4.43. The van der Waals surface area contributed by atoms with Gasteiger partial charge in [0.2, 0.25) is 10.0 Å². The van der Waals surface area contributed by atoms with Gasteiger partial charge in [0.05, 0.1) is 12.0 Å². The van der Waals surface area contributed by atoms with Crippen molar-refractivity contribution in [2.75, 3.05) is 15.8 Å². The number of hydrogen-bond acceptors (Lipinski definition) is 4. The highest BCUT2D eigenvalue weighted by atomic mass is 32.2. The molecule has 1 aromatic carbocycles. The van der Waals surface area contributed by atoms with E-state index in [-0.39, 0.29) is 17.4 Å². The zero-order valence-corrected chi connectivity index (χ0v) is 12.3. The standard InChI is InChI=1S/C14H16N2O4S/c1-2-10-21(18,19)16-12-7-5-11(6-8-12)15-14(17)13-4-3-9-20-13/h3-9,16H,2,10H2,1H3,(H,15,17). The molecule has 0 bridgehead atoms. The predicted octanol–water partition coefficient (Wildman–Crippen LogP) is 2.68. The zero-order valence-electron chi connectivity index (χ0n) is 11.5. The van der Waals surface area contributed by atoms with E-state index in [0.717, 1.165) is 0 Å². The van der Waals surface area contributed by atoms with Crippen molar-refractivity contribution in [3.63, 3.8) is 0 Å². The number of anilines is 2. The summed E-state index contributed by atoms with van der Waals surface area (Å²) in [6.45, 7) is 1.80. The molecule has 2 rings (SSSR count). The van der Waals surface area contributed by atoms with Gasteiger partial charge < -0.3 is 9.73 Å². The summed E-state index contributed by atoms with van der Waals surface area (Å²) in [6, 6.07) is 9.59. The average Bonchev–Trinajstić information content (AvgIpc) is 2.94. The summed E-state index contributed by atoms with van der Waals surface area (Å²) in [7, 11) is -3.31. The summed E-state index contributed by atoms with van der Waals surface area (Å²) >= 11 is 0. The third-order valence-electron chi connectivity index (χ3n) is 2.63. The van der Waals surface area contributed by atoms with E-state index < -0.39 is 10.0 Å². The molecule has 0 saturated heterocycles. The first-order chi connectivity index (χ1) is 10.00. The van der Waals surface area contributed by atoms with E-state index in [1.165, 1.54) is 6.26 Å². The Labute approximate surface area is 123 Å². The Bertz CT molecular complexity index is 691. The van der Waals surface area contributed by atoms with Gasteiger partial charge in [-0.05, 0) is 42.8 Å². The Hall–Kier alpha value is -2.28. The fourth-order valence-electron chi connectivity index (χ4n) is 1.72. The Kier molecular flexibility index (Phi) is 4.64. The van der Waals surface area contributed by atoms with Gasteiger partial charge in [-0.15, -0.1) is 0 Å². The van der Waals surface area contributed by atoms with Gasteiger partial charge in [-0.25, -0.2) is 8.42 Å². The Morgan fingerprint density at radius 2 is 1.81 bits per heavy atom. The normalized spacial score (nSPS) is 11.1. The second-order valence-corrected chi connectivity index (χ2v) is 6.27. The van der Waals surface area contributed by atoms with Crippen LogP contribution in [0.15, 0.2) is 47.1 Å². The van der Waals surface area contributed by atoms with Gasteiger partial charge in [-0.3, -0.25) is 9.52 Å². The maximum absolute atomic E-state index is 11.8. The Balaban J connectivity index is 2.01. The minimum absolute atomic E-state index is 0.0734. The van der Waals surface area contributed by atoms with Crippen LogP contribution in [0.1, 0.15) is 23.9 Å².